The maximum Gasteiger partial charge on any atom is 0.237 e. The molecule has 0 fully saturated rings. The van der Waals surface area contributed by atoms with E-state index in [9.17, 15) is 0 Å². The summed E-state index contributed by atoms with van der Waals surface area (Å²) in [6.45, 7) is 2.58. The third-order valence-corrected chi connectivity index (χ3v) is 3.43. The highest BCUT2D eigenvalue weighted by atomic mass is 16.5. The predicted octanol–water partition coefficient (Wildman–Crippen LogP) is 3.56. The van der Waals surface area contributed by atoms with Crippen molar-refractivity contribution in [2.45, 2.75) is 32.2 Å². The highest BCUT2D eigenvalue weighted by Gasteiger charge is 2.23. The van der Waals surface area contributed by atoms with Gasteiger partial charge in [-0.05, 0) is 38.0 Å². The van der Waals surface area contributed by atoms with Crippen LogP contribution in [-0.2, 0) is 6.42 Å². The molecule has 2 heterocycles. The zero-order chi connectivity index (χ0) is 13.1. The number of ether oxygens (including phenoxy) is 1. The van der Waals surface area contributed by atoms with Gasteiger partial charge in [-0.3, -0.25) is 0 Å². The monoisotopic (exact) mass is 258 g/mol. The Bertz CT molecular complexity index is 551. The molecular formula is C15H18N2O2. The van der Waals surface area contributed by atoms with Gasteiger partial charge in [0.1, 0.15) is 5.76 Å². The van der Waals surface area contributed by atoms with Crippen molar-refractivity contribution in [3.63, 3.8) is 0 Å². The molecule has 1 unspecified atom stereocenters. The summed E-state index contributed by atoms with van der Waals surface area (Å²) in [7, 11) is 0. The molecule has 0 saturated heterocycles. The first-order valence-corrected chi connectivity index (χ1v) is 6.79. The highest BCUT2D eigenvalue weighted by Crippen LogP contribution is 2.35. The second-order valence-corrected chi connectivity index (χ2v) is 4.68. The van der Waals surface area contributed by atoms with E-state index in [2.05, 4.69) is 16.4 Å². The van der Waals surface area contributed by atoms with Crippen molar-refractivity contribution in [3.05, 3.63) is 42.0 Å². The van der Waals surface area contributed by atoms with Crippen LogP contribution in [0.4, 0.5) is 5.69 Å². The average Bonchev–Trinajstić information content (AvgIpc) is 2.91. The van der Waals surface area contributed by atoms with Crippen molar-refractivity contribution < 1.29 is 9.15 Å². The first kappa shape index (κ1) is 12.1. The van der Waals surface area contributed by atoms with E-state index in [0.29, 0.717) is 12.5 Å². The van der Waals surface area contributed by atoms with Gasteiger partial charge in [-0.15, -0.1) is 0 Å². The molecule has 0 amide bonds. The fourth-order valence-corrected chi connectivity index (χ4v) is 2.58. The molecule has 2 aromatic heterocycles. The lowest BCUT2D eigenvalue weighted by atomic mass is 9.93. The minimum absolute atomic E-state index is 0.283. The molecule has 4 heteroatoms. The number of hydrogen-bond acceptors (Lipinski definition) is 4. The zero-order valence-electron chi connectivity index (χ0n) is 11.1. The van der Waals surface area contributed by atoms with Crippen molar-refractivity contribution in [2.24, 2.45) is 0 Å². The molecule has 3 rings (SSSR count). The van der Waals surface area contributed by atoms with Gasteiger partial charge in [0, 0.05) is 18.2 Å². The lowest BCUT2D eigenvalue weighted by Gasteiger charge is -2.24. The number of rotatable bonds is 4. The number of hydrogen-bond donors (Lipinski definition) is 1. The second kappa shape index (κ2) is 5.34. The van der Waals surface area contributed by atoms with Gasteiger partial charge in [0.25, 0.3) is 0 Å². The molecule has 1 atom stereocenters. The maximum absolute atomic E-state index is 5.55. The van der Waals surface area contributed by atoms with E-state index < -0.39 is 0 Å². The van der Waals surface area contributed by atoms with Crippen LogP contribution in [0.5, 0.6) is 5.88 Å². The first-order chi connectivity index (χ1) is 9.38. The summed E-state index contributed by atoms with van der Waals surface area (Å²) in [4.78, 5) is 4.27. The van der Waals surface area contributed by atoms with Crippen LogP contribution in [0.25, 0.3) is 0 Å². The molecule has 0 aliphatic heterocycles. The summed E-state index contributed by atoms with van der Waals surface area (Å²) in [5, 5.41) is 3.53. The van der Waals surface area contributed by atoms with Crippen LogP contribution in [0.3, 0.4) is 0 Å². The molecule has 19 heavy (non-hydrogen) atoms. The molecule has 1 aliphatic carbocycles. The minimum Gasteiger partial charge on any atom is -0.476 e. The van der Waals surface area contributed by atoms with E-state index in [4.69, 9.17) is 9.15 Å². The molecule has 0 radical (unpaired) electrons. The molecule has 1 aliphatic rings. The molecule has 0 bridgehead atoms. The Labute approximate surface area is 112 Å². The van der Waals surface area contributed by atoms with Gasteiger partial charge in [-0.1, -0.05) is 0 Å². The lowest BCUT2D eigenvalue weighted by molar-refractivity contribution is 0.328. The van der Waals surface area contributed by atoms with Crippen molar-refractivity contribution in [3.8, 4) is 5.88 Å². The Morgan fingerprint density at radius 1 is 1.47 bits per heavy atom. The van der Waals surface area contributed by atoms with Gasteiger partial charge in [0.15, 0.2) is 0 Å². The zero-order valence-corrected chi connectivity index (χ0v) is 11.1. The van der Waals surface area contributed by atoms with E-state index >= 15 is 0 Å². The number of aryl methyl sites for hydroxylation is 1. The summed E-state index contributed by atoms with van der Waals surface area (Å²) >= 11 is 0. The lowest BCUT2D eigenvalue weighted by Crippen LogP contribution is -2.16. The first-order valence-electron chi connectivity index (χ1n) is 6.79. The molecule has 100 valence electrons. The summed E-state index contributed by atoms with van der Waals surface area (Å²) < 4.78 is 11.1. The topological polar surface area (TPSA) is 47.3 Å². The second-order valence-electron chi connectivity index (χ2n) is 4.68. The summed E-state index contributed by atoms with van der Waals surface area (Å²) in [6.07, 6.45) is 6.80. The predicted molar refractivity (Wildman–Crippen MR) is 73.4 cm³/mol. The van der Waals surface area contributed by atoms with Crippen molar-refractivity contribution in [2.75, 3.05) is 11.9 Å². The van der Waals surface area contributed by atoms with Crippen molar-refractivity contribution in [1.82, 2.24) is 4.98 Å². The largest absolute Gasteiger partial charge is 0.476 e. The Morgan fingerprint density at radius 3 is 3.32 bits per heavy atom. The number of fused-ring (bicyclic) bond motifs is 1. The SMILES string of the molecule is CCOc1ncccc1NC1CCCc2occc21. The van der Waals surface area contributed by atoms with Gasteiger partial charge in [0.05, 0.1) is 24.6 Å². The standard InChI is InChI=1S/C15H18N2O2/c1-2-18-15-13(6-4-9-16-15)17-12-5-3-7-14-11(12)8-10-19-14/h4,6,8-10,12,17H,2-3,5,7H2,1H3. The number of nitrogens with one attached hydrogen (secondary N) is 1. The Balaban J connectivity index is 1.83. The van der Waals surface area contributed by atoms with Crippen LogP contribution in [-0.4, -0.2) is 11.6 Å². The molecule has 0 spiro atoms. The molecule has 4 nitrogen and oxygen atoms in total. The van der Waals surface area contributed by atoms with E-state index in [0.717, 1.165) is 30.7 Å². The van der Waals surface area contributed by atoms with E-state index in [1.807, 2.05) is 19.1 Å². The third-order valence-electron chi connectivity index (χ3n) is 3.43. The average molecular weight is 258 g/mol. The van der Waals surface area contributed by atoms with E-state index in [1.165, 1.54) is 5.56 Å². The molecule has 0 aromatic carbocycles. The van der Waals surface area contributed by atoms with Gasteiger partial charge < -0.3 is 14.5 Å². The minimum atomic E-state index is 0.283. The number of pyridine rings is 1. The maximum atomic E-state index is 5.55. The van der Waals surface area contributed by atoms with Gasteiger partial charge in [-0.2, -0.15) is 0 Å². The van der Waals surface area contributed by atoms with Gasteiger partial charge in [-0.25, -0.2) is 4.98 Å². The van der Waals surface area contributed by atoms with Gasteiger partial charge >= 0.3 is 0 Å². The van der Waals surface area contributed by atoms with Crippen LogP contribution in [0.1, 0.15) is 37.1 Å². The van der Waals surface area contributed by atoms with Crippen LogP contribution in [0.2, 0.25) is 0 Å². The number of furan rings is 1. The molecule has 2 aromatic rings. The van der Waals surface area contributed by atoms with E-state index in [-0.39, 0.29) is 6.04 Å². The van der Waals surface area contributed by atoms with Gasteiger partial charge in [0.2, 0.25) is 5.88 Å². The Morgan fingerprint density at radius 2 is 2.42 bits per heavy atom. The number of anilines is 1. The normalized spacial score (nSPS) is 17.8. The molecular weight excluding hydrogens is 240 g/mol. The third kappa shape index (κ3) is 2.43. The quantitative estimate of drug-likeness (QED) is 0.910. The highest BCUT2D eigenvalue weighted by molar-refractivity contribution is 5.54. The fraction of sp³-hybridized carbons (Fsp3) is 0.400. The number of aromatic nitrogens is 1. The number of nitrogens with zero attached hydrogens (tertiary/aromatic N) is 1. The Hall–Kier alpha value is -1.97. The van der Waals surface area contributed by atoms with Crippen LogP contribution >= 0.6 is 0 Å². The van der Waals surface area contributed by atoms with Crippen LogP contribution < -0.4 is 10.1 Å². The van der Waals surface area contributed by atoms with E-state index in [1.54, 1.807) is 12.5 Å². The Kier molecular flexibility index (Phi) is 3.40. The molecule has 1 N–H and O–H groups in total. The fourth-order valence-electron chi connectivity index (χ4n) is 2.58. The van der Waals surface area contributed by atoms with Crippen LogP contribution in [0, 0.1) is 0 Å². The summed E-state index contributed by atoms with van der Waals surface area (Å²) in [6, 6.07) is 6.27. The summed E-state index contributed by atoms with van der Waals surface area (Å²) in [5.41, 5.74) is 2.21. The van der Waals surface area contributed by atoms with Crippen LogP contribution in [0.15, 0.2) is 35.1 Å². The smallest absolute Gasteiger partial charge is 0.237 e. The summed E-state index contributed by atoms with van der Waals surface area (Å²) in [5.74, 6) is 1.77. The van der Waals surface area contributed by atoms with Crippen molar-refractivity contribution in [1.29, 1.82) is 0 Å². The van der Waals surface area contributed by atoms with Crippen molar-refractivity contribution >= 4 is 5.69 Å². The molecule has 0 saturated carbocycles.